The summed E-state index contributed by atoms with van der Waals surface area (Å²) in [4.78, 5) is 14.4. The molecule has 104 valence electrons. The second kappa shape index (κ2) is 5.66. The maximum Gasteiger partial charge on any atom is 0.269 e. The molecule has 1 aromatic carbocycles. The van der Waals surface area contributed by atoms with Crippen molar-refractivity contribution in [1.29, 1.82) is 0 Å². The molecule has 0 spiro atoms. The Morgan fingerprint density at radius 2 is 2.10 bits per heavy atom. The molecule has 0 aliphatic carbocycles. The maximum atomic E-state index is 10.7. The lowest BCUT2D eigenvalue weighted by Crippen LogP contribution is -2.06. The maximum absolute atomic E-state index is 10.7. The molecule has 0 unspecified atom stereocenters. The summed E-state index contributed by atoms with van der Waals surface area (Å²) in [6.45, 7) is 3.61. The Morgan fingerprint density at radius 3 is 2.60 bits per heavy atom. The number of nitrogens with zero attached hydrogens (tertiary/aromatic N) is 2. The highest BCUT2D eigenvalue weighted by Crippen LogP contribution is 2.28. The quantitative estimate of drug-likeness (QED) is 0.682. The van der Waals surface area contributed by atoms with E-state index in [1.54, 1.807) is 31.3 Å². The summed E-state index contributed by atoms with van der Waals surface area (Å²) in [6, 6.07) is 7.89. The van der Waals surface area contributed by atoms with E-state index < -0.39 is 4.92 Å². The van der Waals surface area contributed by atoms with Gasteiger partial charge in [-0.05, 0) is 37.6 Å². The number of hydrogen-bond acceptors (Lipinski definition) is 5. The van der Waals surface area contributed by atoms with Crippen LogP contribution in [0.5, 0.6) is 11.5 Å². The molecule has 0 radical (unpaired) electrons. The molecule has 0 saturated heterocycles. The standard InChI is InChI=1S/C14H15N3O3/c1-9-7-11(17(18)19)3-6-14(9)20-12-4-5-13(10(2)15)16-8-12/h3-8,10H,15H2,1-2H3/t10-/m0/s1. The van der Waals surface area contributed by atoms with Gasteiger partial charge in [0.05, 0.1) is 16.8 Å². The first-order valence-electron chi connectivity index (χ1n) is 6.12. The van der Waals surface area contributed by atoms with Crippen molar-refractivity contribution in [3.05, 3.63) is 57.9 Å². The van der Waals surface area contributed by atoms with Crippen molar-refractivity contribution in [2.45, 2.75) is 19.9 Å². The molecule has 1 heterocycles. The lowest BCUT2D eigenvalue weighted by Gasteiger charge is -2.09. The number of aromatic nitrogens is 1. The van der Waals surface area contributed by atoms with Gasteiger partial charge in [0.2, 0.25) is 0 Å². The molecule has 6 heteroatoms. The topological polar surface area (TPSA) is 91.3 Å². The fraction of sp³-hybridized carbons (Fsp3) is 0.214. The normalized spacial score (nSPS) is 11.9. The largest absolute Gasteiger partial charge is 0.455 e. The Bertz CT molecular complexity index is 624. The van der Waals surface area contributed by atoms with Crippen molar-refractivity contribution < 1.29 is 9.66 Å². The van der Waals surface area contributed by atoms with Gasteiger partial charge in [0, 0.05) is 18.2 Å². The summed E-state index contributed by atoms with van der Waals surface area (Å²) in [5.74, 6) is 1.12. The summed E-state index contributed by atoms with van der Waals surface area (Å²) in [5, 5.41) is 10.7. The number of aryl methyl sites for hydroxylation is 1. The van der Waals surface area contributed by atoms with E-state index in [4.69, 9.17) is 10.5 Å². The Kier molecular flexibility index (Phi) is 3.95. The van der Waals surface area contributed by atoms with E-state index in [1.165, 1.54) is 12.1 Å². The van der Waals surface area contributed by atoms with Crippen molar-refractivity contribution in [3.8, 4) is 11.5 Å². The molecule has 0 aliphatic rings. The first-order valence-corrected chi connectivity index (χ1v) is 6.12. The van der Waals surface area contributed by atoms with Gasteiger partial charge in [-0.3, -0.25) is 15.1 Å². The molecule has 0 aliphatic heterocycles. The number of nitro benzene ring substituents is 1. The molecule has 1 aromatic heterocycles. The van der Waals surface area contributed by atoms with Crippen LogP contribution in [-0.2, 0) is 0 Å². The monoisotopic (exact) mass is 273 g/mol. The predicted octanol–water partition coefficient (Wildman–Crippen LogP) is 3.11. The Morgan fingerprint density at radius 1 is 1.35 bits per heavy atom. The zero-order chi connectivity index (χ0) is 14.7. The average Bonchev–Trinajstić information content (AvgIpc) is 2.41. The Balaban J connectivity index is 2.19. The molecule has 6 nitrogen and oxygen atoms in total. The first kappa shape index (κ1) is 14.0. The van der Waals surface area contributed by atoms with Crippen LogP contribution in [-0.4, -0.2) is 9.91 Å². The van der Waals surface area contributed by atoms with Gasteiger partial charge in [0.1, 0.15) is 11.5 Å². The molecule has 0 saturated carbocycles. The van der Waals surface area contributed by atoms with Crippen LogP contribution in [0.1, 0.15) is 24.2 Å². The van der Waals surface area contributed by atoms with Crippen LogP contribution in [0.15, 0.2) is 36.5 Å². The zero-order valence-electron chi connectivity index (χ0n) is 11.2. The number of nitro groups is 1. The van der Waals surface area contributed by atoms with Crippen LogP contribution in [0, 0.1) is 17.0 Å². The minimum absolute atomic E-state index is 0.0419. The van der Waals surface area contributed by atoms with Crippen molar-refractivity contribution in [2.24, 2.45) is 5.73 Å². The van der Waals surface area contributed by atoms with Gasteiger partial charge in [0.25, 0.3) is 5.69 Å². The van der Waals surface area contributed by atoms with Gasteiger partial charge in [-0.15, -0.1) is 0 Å². The number of nitrogens with two attached hydrogens (primary N) is 1. The van der Waals surface area contributed by atoms with E-state index >= 15 is 0 Å². The molecule has 1 atom stereocenters. The average molecular weight is 273 g/mol. The minimum Gasteiger partial charge on any atom is -0.455 e. The van der Waals surface area contributed by atoms with Gasteiger partial charge >= 0.3 is 0 Å². The van der Waals surface area contributed by atoms with Gasteiger partial charge in [-0.25, -0.2) is 0 Å². The summed E-state index contributed by atoms with van der Waals surface area (Å²) in [6.07, 6.45) is 1.58. The fourth-order valence-corrected chi connectivity index (χ4v) is 1.71. The number of pyridine rings is 1. The summed E-state index contributed by atoms with van der Waals surface area (Å²) in [7, 11) is 0. The smallest absolute Gasteiger partial charge is 0.269 e. The van der Waals surface area contributed by atoms with Crippen LogP contribution in [0.3, 0.4) is 0 Å². The van der Waals surface area contributed by atoms with Crippen molar-refractivity contribution >= 4 is 5.69 Å². The fourth-order valence-electron chi connectivity index (χ4n) is 1.71. The van der Waals surface area contributed by atoms with Gasteiger partial charge in [-0.1, -0.05) is 0 Å². The molecule has 2 aromatic rings. The molecule has 2 rings (SSSR count). The highest BCUT2D eigenvalue weighted by Gasteiger charge is 2.10. The van der Waals surface area contributed by atoms with E-state index in [2.05, 4.69) is 4.98 Å². The lowest BCUT2D eigenvalue weighted by atomic mass is 10.2. The van der Waals surface area contributed by atoms with Crippen molar-refractivity contribution in [2.75, 3.05) is 0 Å². The van der Waals surface area contributed by atoms with E-state index in [9.17, 15) is 10.1 Å². The molecular weight excluding hydrogens is 258 g/mol. The zero-order valence-corrected chi connectivity index (χ0v) is 11.2. The third-order valence-electron chi connectivity index (χ3n) is 2.82. The van der Waals surface area contributed by atoms with E-state index in [1.807, 2.05) is 6.92 Å². The third kappa shape index (κ3) is 3.10. The number of hydrogen-bond donors (Lipinski definition) is 1. The van der Waals surface area contributed by atoms with Crippen LogP contribution < -0.4 is 10.5 Å². The lowest BCUT2D eigenvalue weighted by molar-refractivity contribution is -0.384. The van der Waals surface area contributed by atoms with Crippen LogP contribution in [0.2, 0.25) is 0 Å². The molecule has 20 heavy (non-hydrogen) atoms. The van der Waals surface area contributed by atoms with Gasteiger partial charge in [-0.2, -0.15) is 0 Å². The molecular formula is C14H15N3O3. The van der Waals surface area contributed by atoms with Crippen LogP contribution >= 0.6 is 0 Å². The highest BCUT2D eigenvalue weighted by molar-refractivity contribution is 5.44. The number of ether oxygens (including phenoxy) is 1. The second-order valence-electron chi connectivity index (χ2n) is 4.52. The Labute approximate surface area is 116 Å². The van der Waals surface area contributed by atoms with Crippen molar-refractivity contribution in [1.82, 2.24) is 4.98 Å². The van der Waals surface area contributed by atoms with Gasteiger partial charge in [0.15, 0.2) is 0 Å². The van der Waals surface area contributed by atoms with E-state index in [0.717, 1.165) is 5.69 Å². The number of benzene rings is 1. The Hall–Kier alpha value is -2.47. The predicted molar refractivity (Wildman–Crippen MR) is 74.7 cm³/mol. The summed E-state index contributed by atoms with van der Waals surface area (Å²) in [5.41, 5.74) is 7.23. The van der Waals surface area contributed by atoms with E-state index in [0.29, 0.717) is 17.1 Å². The van der Waals surface area contributed by atoms with Crippen molar-refractivity contribution in [3.63, 3.8) is 0 Å². The summed E-state index contributed by atoms with van der Waals surface area (Å²) >= 11 is 0. The number of rotatable bonds is 4. The molecule has 2 N–H and O–H groups in total. The second-order valence-corrected chi connectivity index (χ2v) is 4.52. The first-order chi connectivity index (χ1) is 9.47. The molecule has 0 bridgehead atoms. The molecule has 0 fully saturated rings. The van der Waals surface area contributed by atoms with Crippen LogP contribution in [0.25, 0.3) is 0 Å². The van der Waals surface area contributed by atoms with Crippen LogP contribution in [0.4, 0.5) is 5.69 Å². The minimum atomic E-state index is -0.435. The third-order valence-corrected chi connectivity index (χ3v) is 2.82. The van der Waals surface area contributed by atoms with E-state index in [-0.39, 0.29) is 11.7 Å². The van der Waals surface area contributed by atoms with Gasteiger partial charge < -0.3 is 10.5 Å². The highest BCUT2D eigenvalue weighted by atomic mass is 16.6. The number of non-ortho nitro benzene ring substituents is 1. The SMILES string of the molecule is Cc1cc([N+](=O)[O-])ccc1Oc1ccc([C@H](C)N)nc1. The summed E-state index contributed by atoms with van der Waals surface area (Å²) < 4.78 is 5.65. The molecule has 0 amide bonds.